The predicted octanol–water partition coefficient (Wildman–Crippen LogP) is 1.38. The number of hydrogen-bond acceptors (Lipinski definition) is 5. The topological polar surface area (TPSA) is 80.4 Å². The first-order valence-corrected chi connectivity index (χ1v) is 5.99. The van der Waals surface area contributed by atoms with Crippen LogP contribution in [0.2, 0.25) is 0 Å². The molecule has 0 aliphatic rings. The Morgan fingerprint density at radius 3 is 3.05 bits per heavy atom. The summed E-state index contributed by atoms with van der Waals surface area (Å²) in [5.41, 5.74) is 6.94. The highest BCUT2D eigenvalue weighted by molar-refractivity contribution is 5.98. The van der Waals surface area contributed by atoms with Crippen LogP contribution in [0.1, 0.15) is 0 Å². The van der Waals surface area contributed by atoms with Crippen molar-refractivity contribution in [2.45, 2.75) is 0 Å². The molecule has 0 spiro atoms. The molecule has 0 aliphatic carbocycles. The third kappa shape index (κ3) is 3.10. The molecular weight excluding hydrogens is 249 g/mol. The van der Waals surface area contributed by atoms with Crippen molar-refractivity contribution < 1.29 is 14.2 Å². The van der Waals surface area contributed by atoms with Gasteiger partial charge in [-0.15, -0.1) is 0 Å². The number of ether oxygens (including phenoxy) is 1. The van der Waals surface area contributed by atoms with E-state index in [1.165, 1.54) is 6.07 Å². The lowest BCUT2D eigenvalue weighted by Crippen LogP contribution is -2.13. The first-order chi connectivity index (χ1) is 9.24. The molecule has 0 radical (unpaired) electrons. The van der Waals surface area contributed by atoms with Crippen LogP contribution in [0.15, 0.2) is 24.4 Å². The summed E-state index contributed by atoms with van der Waals surface area (Å²) in [6.45, 7) is 1.04. The van der Waals surface area contributed by atoms with Crippen LogP contribution < -0.4 is 11.1 Å². The van der Waals surface area contributed by atoms with Crippen LogP contribution in [0.25, 0.3) is 10.9 Å². The Kier molecular flexibility index (Phi) is 4.48. The van der Waals surface area contributed by atoms with E-state index in [0.29, 0.717) is 35.4 Å². The molecule has 2 aromatic rings. The third-order valence-corrected chi connectivity index (χ3v) is 2.66. The van der Waals surface area contributed by atoms with Gasteiger partial charge in [0.1, 0.15) is 0 Å². The standard InChI is InChI=1S/C13H16FN3O2/c14-10-8-11(15)9-2-1-3-16-12(9)13(10)17-4-6-19-7-5-18/h1-3,8,17-18H,4-7,15H2. The molecule has 19 heavy (non-hydrogen) atoms. The molecule has 0 saturated carbocycles. The summed E-state index contributed by atoms with van der Waals surface area (Å²) >= 11 is 0. The number of aliphatic hydroxyl groups is 1. The summed E-state index contributed by atoms with van der Waals surface area (Å²) < 4.78 is 19.0. The van der Waals surface area contributed by atoms with E-state index < -0.39 is 5.82 Å². The molecule has 0 aliphatic heterocycles. The van der Waals surface area contributed by atoms with E-state index in [1.807, 2.05) is 0 Å². The number of aliphatic hydroxyl groups excluding tert-OH is 1. The first kappa shape index (κ1) is 13.5. The zero-order valence-electron chi connectivity index (χ0n) is 10.4. The number of nitrogens with zero attached hydrogens (tertiary/aromatic N) is 1. The smallest absolute Gasteiger partial charge is 0.150 e. The average Bonchev–Trinajstić information content (AvgIpc) is 2.42. The number of halogens is 1. The van der Waals surface area contributed by atoms with Crippen molar-refractivity contribution in [3.63, 3.8) is 0 Å². The van der Waals surface area contributed by atoms with Crippen LogP contribution in [0.3, 0.4) is 0 Å². The highest BCUT2D eigenvalue weighted by Crippen LogP contribution is 2.29. The summed E-state index contributed by atoms with van der Waals surface area (Å²) in [6.07, 6.45) is 1.59. The van der Waals surface area contributed by atoms with Gasteiger partial charge in [0.15, 0.2) is 5.82 Å². The number of nitrogens with one attached hydrogen (secondary N) is 1. The van der Waals surface area contributed by atoms with Crippen LogP contribution in [-0.4, -0.2) is 36.5 Å². The summed E-state index contributed by atoms with van der Waals surface area (Å²) in [5.74, 6) is -0.439. The fourth-order valence-corrected chi connectivity index (χ4v) is 1.82. The lowest BCUT2D eigenvalue weighted by molar-refractivity contribution is 0.0992. The second-order valence-corrected chi connectivity index (χ2v) is 3.98. The number of aromatic nitrogens is 1. The van der Waals surface area contributed by atoms with Crippen LogP contribution in [-0.2, 0) is 4.74 Å². The normalized spacial score (nSPS) is 10.8. The fourth-order valence-electron chi connectivity index (χ4n) is 1.82. The Morgan fingerprint density at radius 2 is 2.26 bits per heavy atom. The number of anilines is 2. The number of benzene rings is 1. The van der Waals surface area contributed by atoms with Crippen molar-refractivity contribution in [2.75, 3.05) is 37.4 Å². The van der Waals surface area contributed by atoms with Crippen LogP contribution in [0.5, 0.6) is 0 Å². The Balaban J connectivity index is 2.18. The predicted molar refractivity (Wildman–Crippen MR) is 72.5 cm³/mol. The van der Waals surface area contributed by atoms with Gasteiger partial charge in [-0.2, -0.15) is 0 Å². The first-order valence-electron chi connectivity index (χ1n) is 5.99. The van der Waals surface area contributed by atoms with Gasteiger partial charge in [-0.25, -0.2) is 4.39 Å². The number of nitrogen functional groups attached to an aromatic ring is 1. The van der Waals surface area contributed by atoms with Gasteiger partial charge >= 0.3 is 0 Å². The molecule has 0 atom stereocenters. The van der Waals surface area contributed by atoms with Crippen molar-refractivity contribution >= 4 is 22.3 Å². The van der Waals surface area contributed by atoms with Crippen molar-refractivity contribution in [1.82, 2.24) is 4.98 Å². The molecule has 102 valence electrons. The maximum Gasteiger partial charge on any atom is 0.150 e. The van der Waals surface area contributed by atoms with Crippen LogP contribution >= 0.6 is 0 Å². The number of nitrogens with two attached hydrogens (primary N) is 1. The third-order valence-electron chi connectivity index (χ3n) is 2.66. The van der Waals surface area contributed by atoms with Gasteiger partial charge < -0.3 is 20.9 Å². The lowest BCUT2D eigenvalue weighted by Gasteiger charge is -2.12. The highest BCUT2D eigenvalue weighted by Gasteiger charge is 2.11. The molecule has 4 N–H and O–H groups in total. The van der Waals surface area contributed by atoms with Gasteiger partial charge in [-0.1, -0.05) is 0 Å². The van der Waals surface area contributed by atoms with Crippen molar-refractivity contribution in [3.05, 3.63) is 30.2 Å². The zero-order valence-corrected chi connectivity index (χ0v) is 10.4. The summed E-state index contributed by atoms with van der Waals surface area (Å²) in [5, 5.41) is 12.2. The molecule has 0 amide bonds. The second-order valence-electron chi connectivity index (χ2n) is 3.98. The molecule has 1 aromatic heterocycles. The van der Waals surface area contributed by atoms with Crippen LogP contribution in [0, 0.1) is 5.82 Å². The van der Waals surface area contributed by atoms with Crippen molar-refractivity contribution in [2.24, 2.45) is 0 Å². The largest absolute Gasteiger partial charge is 0.398 e. The molecule has 1 heterocycles. The fraction of sp³-hybridized carbons (Fsp3) is 0.308. The Morgan fingerprint density at radius 1 is 1.42 bits per heavy atom. The quantitative estimate of drug-likeness (QED) is 0.543. The van der Waals surface area contributed by atoms with E-state index in [4.69, 9.17) is 15.6 Å². The molecule has 6 heteroatoms. The van der Waals surface area contributed by atoms with Gasteiger partial charge in [0, 0.05) is 23.8 Å². The zero-order chi connectivity index (χ0) is 13.7. The van der Waals surface area contributed by atoms with Gasteiger partial charge in [0.2, 0.25) is 0 Å². The Hall–Kier alpha value is -1.92. The lowest BCUT2D eigenvalue weighted by atomic mass is 10.1. The summed E-state index contributed by atoms with van der Waals surface area (Å²) in [4.78, 5) is 4.15. The molecule has 0 unspecified atom stereocenters. The van der Waals surface area contributed by atoms with Crippen molar-refractivity contribution in [3.8, 4) is 0 Å². The van der Waals surface area contributed by atoms with Gasteiger partial charge in [0.25, 0.3) is 0 Å². The minimum atomic E-state index is -0.439. The average molecular weight is 265 g/mol. The second kappa shape index (κ2) is 6.31. The minimum absolute atomic E-state index is 0.0271. The Bertz CT molecular complexity index is 563. The highest BCUT2D eigenvalue weighted by atomic mass is 19.1. The van der Waals surface area contributed by atoms with Gasteiger partial charge in [-0.05, 0) is 18.2 Å². The summed E-state index contributed by atoms with van der Waals surface area (Å²) in [6, 6.07) is 4.83. The minimum Gasteiger partial charge on any atom is -0.398 e. The van der Waals surface area contributed by atoms with E-state index >= 15 is 0 Å². The summed E-state index contributed by atoms with van der Waals surface area (Å²) in [7, 11) is 0. The van der Waals surface area contributed by atoms with E-state index in [9.17, 15) is 4.39 Å². The monoisotopic (exact) mass is 265 g/mol. The maximum atomic E-state index is 13.9. The van der Waals surface area contributed by atoms with E-state index in [0.717, 1.165) is 0 Å². The van der Waals surface area contributed by atoms with Crippen molar-refractivity contribution in [1.29, 1.82) is 0 Å². The number of hydrogen-bond donors (Lipinski definition) is 3. The van der Waals surface area contributed by atoms with E-state index in [2.05, 4.69) is 10.3 Å². The molecular formula is C13H16FN3O2. The molecule has 0 fully saturated rings. The molecule has 0 saturated heterocycles. The van der Waals surface area contributed by atoms with Crippen LogP contribution in [0.4, 0.5) is 15.8 Å². The SMILES string of the molecule is Nc1cc(F)c(NCCOCCO)c2ncccc12. The molecule has 1 aromatic carbocycles. The number of fused-ring (bicyclic) bond motifs is 1. The van der Waals surface area contributed by atoms with E-state index in [1.54, 1.807) is 18.3 Å². The Labute approximate surface area is 110 Å². The molecule has 5 nitrogen and oxygen atoms in total. The van der Waals surface area contributed by atoms with Gasteiger partial charge in [0.05, 0.1) is 31.0 Å². The molecule has 2 rings (SSSR count). The van der Waals surface area contributed by atoms with Gasteiger partial charge in [-0.3, -0.25) is 4.98 Å². The maximum absolute atomic E-state index is 13.9. The molecule has 0 bridgehead atoms. The number of rotatable bonds is 6. The number of pyridine rings is 1. The van der Waals surface area contributed by atoms with E-state index in [-0.39, 0.29) is 13.2 Å².